The number of aromatic nitrogens is 1. The lowest BCUT2D eigenvalue weighted by Crippen LogP contribution is -2.47. The zero-order valence-corrected chi connectivity index (χ0v) is 12.8. The number of hydrogen-bond donors (Lipinski definition) is 0. The van der Waals surface area contributed by atoms with Crippen LogP contribution in [0.4, 0.5) is 4.79 Å². The quantitative estimate of drug-likeness (QED) is 0.785. The number of pyridine rings is 1. The second kappa shape index (κ2) is 5.84. The van der Waals surface area contributed by atoms with Crippen molar-refractivity contribution in [1.29, 1.82) is 0 Å². The Labute approximate surface area is 125 Å². The van der Waals surface area contributed by atoms with Gasteiger partial charge in [0, 0.05) is 25.5 Å². The highest BCUT2D eigenvalue weighted by atomic mass is 16.6. The van der Waals surface area contributed by atoms with Gasteiger partial charge in [-0.2, -0.15) is 0 Å². The third-order valence-corrected chi connectivity index (χ3v) is 3.77. The molecule has 114 valence electrons. The largest absolute Gasteiger partial charge is 0.444 e. The van der Waals surface area contributed by atoms with E-state index in [-0.39, 0.29) is 6.09 Å². The summed E-state index contributed by atoms with van der Waals surface area (Å²) in [7, 11) is 0. The van der Waals surface area contributed by atoms with Crippen LogP contribution in [0.5, 0.6) is 0 Å². The van der Waals surface area contributed by atoms with E-state index in [0.29, 0.717) is 25.9 Å². The zero-order valence-electron chi connectivity index (χ0n) is 12.8. The highest BCUT2D eigenvalue weighted by molar-refractivity contribution is 5.71. The van der Waals surface area contributed by atoms with Crippen molar-refractivity contribution in [2.75, 3.05) is 13.1 Å². The molecule has 1 aromatic rings. The molecule has 0 aromatic carbocycles. The molecule has 1 amide bonds. The molecule has 1 aliphatic heterocycles. The highest BCUT2D eigenvalue weighted by Gasteiger charge is 2.38. The standard InChI is InChI=1S/C16H22N2O3/c1-15(2,3)21-14(20)18-9-6-16(12-19,7-10-18)13-5-4-8-17-11-13/h4-5,8,11-12H,6-7,9-10H2,1-3H3. The van der Waals surface area contributed by atoms with Crippen LogP contribution in [0, 0.1) is 0 Å². The molecule has 0 N–H and O–H groups in total. The van der Waals surface area contributed by atoms with E-state index < -0.39 is 11.0 Å². The van der Waals surface area contributed by atoms with Crippen LogP contribution in [-0.2, 0) is 14.9 Å². The maximum absolute atomic E-state index is 12.1. The number of likely N-dealkylation sites (tertiary alicyclic amines) is 1. The molecule has 0 spiro atoms. The average Bonchev–Trinajstić information content (AvgIpc) is 2.46. The van der Waals surface area contributed by atoms with E-state index in [1.165, 1.54) is 0 Å². The smallest absolute Gasteiger partial charge is 0.410 e. The fourth-order valence-electron chi connectivity index (χ4n) is 2.55. The summed E-state index contributed by atoms with van der Waals surface area (Å²) in [5.41, 5.74) is -0.115. The molecule has 5 nitrogen and oxygen atoms in total. The van der Waals surface area contributed by atoms with Crippen LogP contribution in [0.3, 0.4) is 0 Å². The second-order valence-electron chi connectivity index (χ2n) is 6.48. The van der Waals surface area contributed by atoms with Gasteiger partial charge in [0.05, 0.1) is 5.41 Å². The lowest BCUT2D eigenvalue weighted by Gasteiger charge is -2.38. The maximum Gasteiger partial charge on any atom is 0.410 e. The minimum Gasteiger partial charge on any atom is -0.444 e. The van der Waals surface area contributed by atoms with Crippen molar-refractivity contribution in [1.82, 2.24) is 9.88 Å². The minimum absolute atomic E-state index is 0.312. The summed E-state index contributed by atoms with van der Waals surface area (Å²) in [4.78, 5) is 29.4. The van der Waals surface area contributed by atoms with E-state index >= 15 is 0 Å². The number of amides is 1. The molecule has 2 heterocycles. The molecule has 0 atom stereocenters. The summed E-state index contributed by atoms with van der Waals surface area (Å²) in [5.74, 6) is 0. The van der Waals surface area contributed by atoms with Crippen molar-refractivity contribution in [3.63, 3.8) is 0 Å². The number of aldehydes is 1. The SMILES string of the molecule is CC(C)(C)OC(=O)N1CCC(C=O)(c2cccnc2)CC1. The van der Waals surface area contributed by atoms with Crippen LogP contribution in [-0.4, -0.2) is 41.0 Å². The number of piperidine rings is 1. The fraction of sp³-hybridized carbons (Fsp3) is 0.562. The van der Waals surface area contributed by atoms with Gasteiger partial charge in [0.25, 0.3) is 0 Å². The third kappa shape index (κ3) is 3.60. The van der Waals surface area contributed by atoms with Crippen molar-refractivity contribution in [2.24, 2.45) is 0 Å². The molecule has 0 bridgehead atoms. The normalized spacial score (nSPS) is 18.1. The lowest BCUT2D eigenvalue weighted by molar-refractivity contribution is -0.114. The van der Waals surface area contributed by atoms with Crippen molar-refractivity contribution in [2.45, 2.75) is 44.6 Å². The van der Waals surface area contributed by atoms with Gasteiger partial charge in [0.1, 0.15) is 11.9 Å². The van der Waals surface area contributed by atoms with E-state index in [4.69, 9.17) is 4.74 Å². The molecule has 1 saturated heterocycles. The summed E-state index contributed by atoms with van der Waals surface area (Å²) in [5, 5.41) is 0. The van der Waals surface area contributed by atoms with Crippen LogP contribution in [0.15, 0.2) is 24.5 Å². The molecule has 2 rings (SSSR count). The lowest BCUT2D eigenvalue weighted by atomic mass is 9.75. The predicted molar refractivity (Wildman–Crippen MR) is 79.0 cm³/mol. The Bertz CT molecular complexity index is 500. The third-order valence-electron chi connectivity index (χ3n) is 3.77. The molecule has 0 saturated carbocycles. The van der Waals surface area contributed by atoms with Gasteiger partial charge in [-0.3, -0.25) is 4.98 Å². The Morgan fingerprint density at radius 3 is 2.52 bits per heavy atom. The van der Waals surface area contributed by atoms with Crippen LogP contribution >= 0.6 is 0 Å². The number of hydrogen-bond acceptors (Lipinski definition) is 4. The van der Waals surface area contributed by atoms with E-state index in [1.54, 1.807) is 17.3 Å². The molecule has 1 aliphatic rings. The van der Waals surface area contributed by atoms with Crippen molar-refractivity contribution in [3.8, 4) is 0 Å². The molecule has 1 aromatic heterocycles. The van der Waals surface area contributed by atoms with Gasteiger partial charge in [0.2, 0.25) is 0 Å². The summed E-state index contributed by atoms with van der Waals surface area (Å²) in [6, 6.07) is 3.76. The first-order valence-electron chi connectivity index (χ1n) is 7.21. The molecule has 0 radical (unpaired) electrons. The van der Waals surface area contributed by atoms with Gasteiger partial charge in [-0.1, -0.05) is 6.07 Å². The Kier molecular flexibility index (Phi) is 4.30. The van der Waals surface area contributed by atoms with Crippen LogP contribution in [0.25, 0.3) is 0 Å². The van der Waals surface area contributed by atoms with E-state index in [9.17, 15) is 9.59 Å². The van der Waals surface area contributed by atoms with Crippen LogP contribution in [0.1, 0.15) is 39.2 Å². The van der Waals surface area contributed by atoms with Gasteiger partial charge in [-0.05, 0) is 45.2 Å². The highest BCUT2D eigenvalue weighted by Crippen LogP contribution is 2.33. The molecule has 21 heavy (non-hydrogen) atoms. The Morgan fingerprint density at radius 2 is 2.05 bits per heavy atom. The second-order valence-corrected chi connectivity index (χ2v) is 6.48. The monoisotopic (exact) mass is 290 g/mol. The maximum atomic E-state index is 12.1. The Morgan fingerprint density at radius 1 is 1.38 bits per heavy atom. The minimum atomic E-state index is -0.535. The van der Waals surface area contributed by atoms with E-state index in [2.05, 4.69) is 4.98 Å². The van der Waals surface area contributed by atoms with Gasteiger partial charge in [-0.25, -0.2) is 4.79 Å². The summed E-state index contributed by atoms with van der Waals surface area (Å²) < 4.78 is 5.37. The van der Waals surface area contributed by atoms with E-state index in [0.717, 1.165) is 11.8 Å². The number of nitrogens with zero attached hydrogens (tertiary/aromatic N) is 2. The molecule has 1 fully saturated rings. The fourth-order valence-corrected chi connectivity index (χ4v) is 2.55. The van der Waals surface area contributed by atoms with Crippen molar-refractivity contribution < 1.29 is 14.3 Å². The molecule has 0 unspecified atom stereocenters. The first-order valence-corrected chi connectivity index (χ1v) is 7.21. The van der Waals surface area contributed by atoms with E-state index in [1.807, 2.05) is 32.9 Å². The predicted octanol–water partition coefficient (Wildman–Crippen LogP) is 2.55. The first kappa shape index (κ1) is 15.5. The van der Waals surface area contributed by atoms with Crippen LogP contribution < -0.4 is 0 Å². The summed E-state index contributed by atoms with van der Waals surface area (Å²) in [6.07, 6.45) is 5.31. The number of rotatable bonds is 2. The molecular weight excluding hydrogens is 268 g/mol. The zero-order chi connectivity index (χ0) is 15.5. The molecule has 5 heteroatoms. The topological polar surface area (TPSA) is 59.5 Å². The van der Waals surface area contributed by atoms with Gasteiger partial charge in [-0.15, -0.1) is 0 Å². The van der Waals surface area contributed by atoms with Gasteiger partial charge in [0.15, 0.2) is 0 Å². The van der Waals surface area contributed by atoms with Crippen molar-refractivity contribution in [3.05, 3.63) is 30.1 Å². The number of carbonyl (C=O) groups is 2. The molecule has 0 aliphatic carbocycles. The summed E-state index contributed by atoms with van der Waals surface area (Å²) >= 11 is 0. The number of carbonyl (C=O) groups excluding carboxylic acids is 2. The Hall–Kier alpha value is -1.91. The number of ether oxygens (including phenoxy) is 1. The summed E-state index contributed by atoms with van der Waals surface area (Å²) in [6.45, 7) is 6.58. The molecular formula is C16H22N2O3. The first-order chi connectivity index (χ1) is 9.86. The van der Waals surface area contributed by atoms with Crippen molar-refractivity contribution >= 4 is 12.4 Å². The Balaban J connectivity index is 2.05. The van der Waals surface area contributed by atoms with Gasteiger partial charge < -0.3 is 14.4 Å². The van der Waals surface area contributed by atoms with Gasteiger partial charge >= 0.3 is 6.09 Å². The average molecular weight is 290 g/mol. The van der Waals surface area contributed by atoms with Crippen LogP contribution in [0.2, 0.25) is 0 Å².